The van der Waals surface area contributed by atoms with Gasteiger partial charge in [-0.25, -0.2) is 14.5 Å². The summed E-state index contributed by atoms with van der Waals surface area (Å²) in [5.41, 5.74) is 1.82. The van der Waals surface area contributed by atoms with Crippen LogP contribution in [-0.4, -0.2) is 39.4 Å². The first kappa shape index (κ1) is 23.0. The minimum Gasteiger partial charge on any atom is -0.494 e. The molecule has 34 heavy (non-hydrogen) atoms. The minimum atomic E-state index is -1.03. The van der Waals surface area contributed by atoms with E-state index < -0.39 is 18.0 Å². The number of carbonyl (C=O) groups is 2. The normalized spacial score (nSPS) is 12.0. The monoisotopic (exact) mass is 462 g/mol. The number of fused-ring (bicyclic) bond motifs is 1. The van der Waals surface area contributed by atoms with Crippen LogP contribution in [0.1, 0.15) is 44.1 Å². The van der Waals surface area contributed by atoms with Gasteiger partial charge in [-0.3, -0.25) is 4.79 Å². The van der Waals surface area contributed by atoms with Crippen LogP contribution in [0.2, 0.25) is 0 Å². The minimum absolute atomic E-state index is 0.0273. The summed E-state index contributed by atoms with van der Waals surface area (Å²) in [5, 5.41) is 7.65. The second-order valence-corrected chi connectivity index (χ2v) is 7.95. The molecule has 4 rings (SSSR count). The summed E-state index contributed by atoms with van der Waals surface area (Å²) >= 11 is 0. The van der Waals surface area contributed by atoms with E-state index in [1.807, 2.05) is 20.8 Å². The molecule has 1 aromatic carbocycles. The number of pyridine rings is 1. The zero-order valence-electron chi connectivity index (χ0n) is 19.4. The summed E-state index contributed by atoms with van der Waals surface area (Å²) < 4.78 is 18.1. The van der Waals surface area contributed by atoms with E-state index in [9.17, 15) is 9.59 Å². The van der Waals surface area contributed by atoms with Crippen molar-refractivity contribution in [3.63, 3.8) is 0 Å². The van der Waals surface area contributed by atoms with Crippen LogP contribution in [0, 0.1) is 0 Å². The Kier molecular flexibility index (Phi) is 6.62. The first-order chi connectivity index (χ1) is 16.4. The van der Waals surface area contributed by atoms with Crippen molar-refractivity contribution in [2.45, 2.75) is 39.8 Å². The van der Waals surface area contributed by atoms with Gasteiger partial charge in [0.05, 0.1) is 30.0 Å². The SMILES string of the molecule is CCOc1ccc(NC(=O)C(C)OC(=O)c2cc(-c3ccco3)nc3c2cnn3C(C)C)cc1. The zero-order chi connectivity index (χ0) is 24.2. The lowest BCUT2D eigenvalue weighted by atomic mass is 10.1. The van der Waals surface area contributed by atoms with Crippen molar-refractivity contribution in [1.82, 2.24) is 14.8 Å². The number of furan rings is 1. The third-order valence-corrected chi connectivity index (χ3v) is 5.14. The molecule has 0 saturated carbocycles. The molecule has 0 fully saturated rings. The predicted molar refractivity (Wildman–Crippen MR) is 127 cm³/mol. The number of ether oxygens (including phenoxy) is 2. The molecule has 0 spiro atoms. The molecule has 176 valence electrons. The fraction of sp³-hybridized carbons (Fsp3) is 0.280. The van der Waals surface area contributed by atoms with Gasteiger partial charge in [-0.05, 0) is 70.2 Å². The van der Waals surface area contributed by atoms with E-state index >= 15 is 0 Å². The molecule has 3 aromatic heterocycles. The Morgan fingerprint density at radius 3 is 2.56 bits per heavy atom. The van der Waals surface area contributed by atoms with Gasteiger partial charge in [-0.1, -0.05) is 0 Å². The van der Waals surface area contributed by atoms with Crippen LogP contribution in [0.25, 0.3) is 22.5 Å². The maximum absolute atomic E-state index is 13.1. The Balaban J connectivity index is 1.56. The van der Waals surface area contributed by atoms with E-state index in [0.29, 0.717) is 40.5 Å². The molecule has 0 bridgehead atoms. The van der Waals surface area contributed by atoms with E-state index in [4.69, 9.17) is 13.9 Å². The van der Waals surface area contributed by atoms with E-state index in [0.717, 1.165) is 0 Å². The van der Waals surface area contributed by atoms with Gasteiger partial charge < -0.3 is 19.2 Å². The smallest absolute Gasteiger partial charge is 0.339 e. The first-order valence-corrected chi connectivity index (χ1v) is 11.0. The number of anilines is 1. The molecule has 0 saturated heterocycles. The highest BCUT2D eigenvalue weighted by Crippen LogP contribution is 2.27. The average Bonchev–Trinajstić information content (AvgIpc) is 3.50. The number of benzene rings is 1. The van der Waals surface area contributed by atoms with E-state index in [1.54, 1.807) is 53.3 Å². The summed E-state index contributed by atoms with van der Waals surface area (Å²) in [6.07, 6.45) is 2.08. The van der Waals surface area contributed by atoms with Crippen LogP contribution >= 0.6 is 0 Å². The maximum atomic E-state index is 13.1. The Labute approximate surface area is 196 Å². The van der Waals surface area contributed by atoms with Crippen molar-refractivity contribution in [3.8, 4) is 17.2 Å². The number of hydrogen-bond donors (Lipinski definition) is 1. The second kappa shape index (κ2) is 9.78. The number of rotatable bonds is 8. The highest BCUT2D eigenvalue weighted by molar-refractivity contribution is 6.05. The molecule has 3 heterocycles. The molecule has 0 aliphatic rings. The van der Waals surface area contributed by atoms with Crippen LogP contribution in [-0.2, 0) is 9.53 Å². The number of esters is 1. The summed E-state index contributed by atoms with van der Waals surface area (Å²) in [7, 11) is 0. The van der Waals surface area contributed by atoms with Crippen LogP contribution in [0.15, 0.2) is 59.3 Å². The topological polar surface area (TPSA) is 108 Å². The summed E-state index contributed by atoms with van der Waals surface area (Å²) in [4.78, 5) is 30.4. The first-order valence-electron chi connectivity index (χ1n) is 11.0. The van der Waals surface area contributed by atoms with Crippen LogP contribution in [0.3, 0.4) is 0 Å². The number of carbonyl (C=O) groups excluding carboxylic acids is 2. The Bertz CT molecular complexity index is 1290. The number of nitrogens with zero attached hydrogens (tertiary/aromatic N) is 3. The number of aromatic nitrogens is 3. The number of hydrogen-bond acceptors (Lipinski definition) is 7. The summed E-state index contributed by atoms with van der Waals surface area (Å²) in [5.74, 6) is 0.106. The van der Waals surface area contributed by atoms with Gasteiger partial charge >= 0.3 is 5.97 Å². The summed E-state index contributed by atoms with van der Waals surface area (Å²) in [6, 6.07) is 12.1. The largest absolute Gasteiger partial charge is 0.494 e. The van der Waals surface area contributed by atoms with Gasteiger partial charge in [0.2, 0.25) is 0 Å². The van der Waals surface area contributed by atoms with Crippen molar-refractivity contribution in [3.05, 3.63) is 60.5 Å². The van der Waals surface area contributed by atoms with Crippen LogP contribution in [0.5, 0.6) is 5.75 Å². The van der Waals surface area contributed by atoms with Crippen molar-refractivity contribution in [2.75, 3.05) is 11.9 Å². The molecule has 1 atom stereocenters. The van der Waals surface area contributed by atoms with Crippen molar-refractivity contribution in [2.24, 2.45) is 0 Å². The predicted octanol–water partition coefficient (Wildman–Crippen LogP) is 4.85. The van der Waals surface area contributed by atoms with E-state index in [2.05, 4.69) is 15.4 Å². The van der Waals surface area contributed by atoms with Crippen LogP contribution in [0.4, 0.5) is 5.69 Å². The Hall–Kier alpha value is -4.14. The molecule has 9 heteroatoms. The third kappa shape index (κ3) is 4.78. The molecule has 0 aliphatic heterocycles. The quantitative estimate of drug-likeness (QED) is 0.373. The lowest BCUT2D eigenvalue weighted by molar-refractivity contribution is -0.123. The zero-order valence-corrected chi connectivity index (χ0v) is 19.4. The fourth-order valence-electron chi connectivity index (χ4n) is 3.44. The average molecular weight is 463 g/mol. The van der Waals surface area contributed by atoms with Gasteiger partial charge in [-0.2, -0.15) is 5.10 Å². The van der Waals surface area contributed by atoms with Crippen molar-refractivity contribution >= 4 is 28.6 Å². The summed E-state index contributed by atoms with van der Waals surface area (Å²) in [6.45, 7) is 7.91. The van der Waals surface area contributed by atoms with Gasteiger partial charge in [0.15, 0.2) is 17.5 Å². The van der Waals surface area contributed by atoms with Crippen molar-refractivity contribution < 1.29 is 23.5 Å². The van der Waals surface area contributed by atoms with E-state index in [-0.39, 0.29) is 11.6 Å². The van der Waals surface area contributed by atoms with Gasteiger partial charge in [0, 0.05) is 11.7 Å². The molecular weight excluding hydrogens is 436 g/mol. The lowest BCUT2D eigenvalue weighted by Gasteiger charge is -2.15. The highest BCUT2D eigenvalue weighted by Gasteiger charge is 2.24. The Morgan fingerprint density at radius 2 is 1.91 bits per heavy atom. The molecule has 1 amide bonds. The molecule has 0 radical (unpaired) electrons. The van der Waals surface area contributed by atoms with Gasteiger partial charge in [0.25, 0.3) is 5.91 Å². The molecule has 9 nitrogen and oxygen atoms in total. The lowest BCUT2D eigenvalue weighted by Crippen LogP contribution is -2.30. The molecule has 1 unspecified atom stereocenters. The molecule has 1 N–H and O–H groups in total. The molecule has 4 aromatic rings. The van der Waals surface area contributed by atoms with Gasteiger partial charge in [-0.15, -0.1) is 0 Å². The Morgan fingerprint density at radius 1 is 1.15 bits per heavy atom. The second-order valence-electron chi connectivity index (χ2n) is 7.95. The van der Waals surface area contributed by atoms with Crippen molar-refractivity contribution in [1.29, 1.82) is 0 Å². The molecular formula is C25H26N4O5. The van der Waals surface area contributed by atoms with E-state index in [1.165, 1.54) is 13.2 Å². The number of amides is 1. The maximum Gasteiger partial charge on any atom is 0.339 e. The fourth-order valence-corrected chi connectivity index (χ4v) is 3.44. The number of nitrogens with one attached hydrogen (secondary N) is 1. The van der Waals surface area contributed by atoms with Gasteiger partial charge in [0.1, 0.15) is 11.4 Å². The van der Waals surface area contributed by atoms with Crippen LogP contribution < -0.4 is 10.1 Å². The standard InChI is InChI=1S/C25H26N4O5/c1-5-32-18-10-8-17(9-11-18)27-24(30)16(4)34-25(31)19-13-21(22-7-6-12-33-22)28-23-20(19)14-26-29(23)15(2)3/h6-16H,5H2,1-4H3,(H,27,30). The third-order valence-electron chi connectivity index (χ3n) is 5.14. The molecule has 0 aliphatic carbocycles. The highest BCUT2D eigenvalue weighted by atomic mass is 16.5.